The van der Waals surface area contributed by atoms with Gasteiger partial charge in [-0.25, -0.2) is 4.98 Å². The topological polar surface area (TPSA) is 12.9 Å². The summed E-state index contributed by atoms with van der Waals surface area (Å²) >= 11 is 0. The number of pyridine rings is 1. The maximum absolute atomic E-state index is 16.0. The summed E-state index contributed by atoms with van der Waals surface area (Å²) in [5, 5.41) is 1.40. The third kappa shape index (κ3) is 2.23. The highest BCUT2D eigenvalue weighted by atomic mass is 31.2. The maximum atomic E-state index is 16.0. The van der Waals surface area contributed by atoms with E-state index in [9.17, 15) is 0 Å². The van der Waals surface area contributed by atoms with Gasteiger partial charge in [0.05, 0.1) is 0 Å². The predicted molar refractivity (Wildman–Crippen MR) is 84.1 cm³/mol. The molecular formula is C17H14FNP+. The first-order valence-corrected chi connectivity index (χ1v) is 8.11. The van der Waals surface area contributed by atoms with Crippen molar-refractivity contribution in [2.45, 2.75) is 0 Å². The Kier molecular flexibility index (Phi) is 3.58. The molecule has 3 rings (SSSR count). The summed E-state index contributed by atoms with van der Waals surface area (Å²) in [6.07, 6.45) is 1.65. The fourth-order valence-corrected chi connectivity index (χ4v) is 4.73. The Labute approximate surface area is 118 Å². The Hall–Kier alpha value is -2.05. The monoisotopic (exact) mass is 282 g/mol. The molecule has 0 aliphatic rings. The van der Waals surface area contributed by atoms with Gasteiger partial charge in [0, 0.05) is 12.3 Å². The molecule has 2 aromatic carbocycles. The van der Waals surface area contributed by atoms with E-state index in [1.807, 2.05) is 72.8 Å². The van der Waals surface area contributed by atoms with Crippen LogP contribution in [0, 0.1) is 0 Å². The van der Waals surface area contributed by atoms with Gasteiger partial charge in [-0.3, -0.25) is 0 Å². The molecule has 0 bridgehead atoms. The lowest BCUT2D eigenvalue weighted by Gasteiger charge is -2.15. The molecule has 0 amide bonds. The molecule has 0 N–H and O–H groups in total. The minimum atomic E-state index is -3.14. The number of hydrogen-bond donors (Lipinski definition) is 0. The van der Waals surface area contributed by atoms with Crippen LogP contribution in [-0.4, -0.2) is 4.98 Å². The van der Waals surface area contributed by atoms with Gasteiger partial charge in [-0.2, -0.15) is 0 Å². The van der Waals surface area contributed by atoms with Gasteiger partial charge in [-0.15, -0.1) is 0 Å². The Morgan fingerprint density at radius 3 is 1.60 bits per heavy atom. The smallest absolute Gasteiger partial charge is 0.219 e. The molecular weight excluding hydrogens is 268 g/mol. The van der Waals surface area contributed by atoms with Crippen LogP contribution in [0.1, 0.15) is 0 Å². The summed E-state index contributed by atoms with van der Waals surface area (Å²) in [4.78, 5) is 4.28. The predicted octanol–water partition coefficient (Wildman–Crippen LogP) is 3.26. The summed E-state index contributed by atoms with van der Waals surface area (Å²) in [7, 11) is -3.14. The van der Waals surface area contributed by atoms with Crippen LogP contribution in [-0.2, 0) is 0 Å². The van der Waals surface area contributed by atoms with E-state index in [1.54, 1.807) is 12.3 Å². The van der Waals surface area contributed by atoms with Crippen LogP contribution >= 0.6 is 7.57 Å². The summed E-state index contributed by atoms with van der Waals surface area (Å²) in [6, 6.07) is 24.1. The van der Waals surface area contributed by atoms with Crippen LogP contribution in [0.5, 0.6) is 0 Å². The second-order valence-corrected chi connectivity index (χ2v) is 7.12. The van der Waals surface area contributed by atoms with E-state index >= 15 is 4.20 Å². The largest absolute Gasteiger partial charge is 0.318 e. The zero-order chi connectivity index (χ0) is 13.8. The van der Waals surface area contributed by atoms with E-state index in [2.05, 4.69) is 4.98 Å². The van der Waals surface area contributed by atoms with Crippen molar-refractivity contribution in [1.29, 1.82) is 0 Å². The molecule has 20 heavy (non-hydrogen) atoms. The van der Waals surface area contributed by atoms with Crippen molar-refractivity contribution in [3.8, 4) is 0 Å². The lowest BCUT2D eigenvalue weighted by atomic mass is 10.4. The average molecular weight is 282 g/mol. The van der Waals surface area contributed by atoms with Crippen LogP contribution in [0.15, 0.2) is 85.1 Å². The molecule has 0 saturated carbocycles. The summed E-state index contributed by atoms with van der Waals surface area (Å²) < 4.78 is 16.0. The number of benzene rings is 2. The van der Waals surface area contributed by atoms with Gasteiger partial charge in [-0.05, 0) is 34.5 Å². The first kappa shape index (κ1) is 13.0. The molecule has 1 heterocycles. The second-order valence-electron chi connectivity index (χ2n) is 4.45. The molecule has 0 spiro atoms. The summed E-state index contributed by atoms with van der Waals surface area (Å²) in [5.41, 5.74) is 0.511. The van der Waals surface area contributed by atoms with E-state index < -0.39 is 7.57 Å². The van der Waals surface area contributed by atoms with Gasteiger partial charge in [0.2, 0.25) is 5.44 Å². The molecule has 1 nitrogen and oxygen atoms in total. The van der Waals surface area contributed by atoms with Gasteiger partial charge in [0.25, 0.3) is 0 Å². The van der Waals surface area contributed by atoms with Gasteiger partial charge in [0.1, 0.15) is 10.6 Å². The van der Waals surface area contributed by atoms with Gasteiger partial charge < -0.3 is 0 Å². The number of nitrogens with zero attached hydrogens (tertiary/aromatic N) is 1. The Bertz CT molecular complexity index is 574. The number of halogens is 1. The second kappa shape index (κ2) is 5.52. The van der Waals surface area contributed by atoms with E-state index in [4.69, 9.17) is 0 Å². The van der Waals surface area contributed by atoms with E-state index in [-0.39, 0.29) is 0 Å². The van der Waals surface area contributed by atoms with Crippen molar-refractivity contribution >= 4 is 23.6 Å². The summed E-state index contributed by atoms with van der Waals surface area (Å²) in [6.45, 7) is 0. The first-order chi connectivity index (χ1) is 9.82. The van der Waals surface area contributed by atoms with Crippen LogP contribution < -0.4 is 16.0 Å². The van der Waals surface area contributed by atoms with E-state index in [0.29, 0.717) is 16.0 Å². The van der Waals surface area contributed by atoms with Crippen molar-refractivity contribution in [3.05, 3.63) is 85.1 Å². The molecule has 0 aliphatic heterocycles. The molecule has 0 radical (unpaired) electrons. The number of aromatic nitrogens is 1. The Morgan fingerprint density at radius 2 is 1.15 bits per heavy atom. The highest BCUT2D eigenvalue weighted by Gasteiger charge is 2.49. The van der Waals surface area contributed by atoms with Crippen molar-refractivity contribution < 1.29 is 4.20 Å². The molecule has 0 saturated heterocycles. The van der Waals surface area contributed by atoms with Crippen molar-refractivity contribution in [2.24, 2.45) is 0 Å². The Morgan fingerprint density at radius 1 is 0.650 bits per heavy atom. The third-order valence-electron chi connectivity index (χ3n) is 3.19. The quantitative estimate of drug-likeness (QED) is 0.672. The minimum Gasteiger partial charge on any atom is -0.219 e. The van der Waals surface area contributed by atoms with E-state index in [1.165, 1.54) is 0 Å². The maximum Gasteiger partial charge on any atom is 0.318 e. The van der Waals surface area contributed by atoms with Gasteiger partial charge >= 0.3 is 7.57 Å². The molecule has 3 heteroatoms. The van der Waals surface area contributed by atoms with Crippen molar-refractivity contribution in [2.75, 3.05) is 0 Å². The van der Waals surface area contributed by atoms with Crippen LogP contribution in [0.4, 0.5) is 4.20 Å². The van der Waals surface area contributed by atoms with Crippen LogP contribution in [0.2, 0.25) is 0 Å². The Balaban J connectivity index is 2.24. The standard InChI is InChI=1S/C17H14FNP/c18-20(15-9-3-1-4-10-15,16-11-5-2-6-12-16)17-13-7-8-14-19-17/h1-14H/q+1. The average Bonchev–Trinajstić information content (AvgIpc) is 2.56. The van der Waals surface area contributed by atoms with Crippen molar-refractivity contribution in [1.82, 2.24) is 4.98 Å². The highest BCUT2D eigenvalue weighted by Crippen LogP contribution is 2.56. The summed E-state index contributed by atoms with van der Waals surface area (Å²) in [5.74, 6) is 0. The third-order valence-corrected chi connectivity index (χ3v) is 6.10. The van der Waals surface area contributed by atoms with Gasteiger partial charge in [0.15, 0.2) is 0 Å². The molecule has 0 fully saturated rings. The van der Waals surface area contributed by atoms with Crippen molar-refractivity contribution in [3.63, 3.8) is 0 Å². The normalized spacial score (nSPS) is 11.2. The molecule has 1 aromatic heterocycles. The zero-order valence-corrected chi connectivity index (χ0v) is 11.7. The lowest BCUT2D eigenvalue weighted by molar-refractivity contribution is 0.898. The fraction of sp³-hybridized carbons (Fsp3) is 0. The molecule has 98 valence electrons. The number of hydrogen-bond acceptors (Lipinski definition) is 1. The molecule has 0 unspecified atom stereocenters. The zero-order valence-electron chi connectivity index (χ0n) is 10.9. The van der Waals surface area contributed by atoms with Crippen LogP contribution in [0.25, 0.3) is 0 Å². The first-order valence-electron chi connectivity index (χ1n) is 6.43. The van der Waals surface area contributed by atoms with Crippen LogP contribution in [0.3, 0.4) is 0 Å². The minimum absolute atomic E-state index is 0.511. The lowest BCUT2D eigenvalue weighted by Crippen LogP contribution is -2.29. The number of rotatable bonds is 3. The SMILES string of the molecule is F[P+](c1ccccc1)(c1ccccc1)c1ccccn1. The molecule has 0 atom stereocenters. The van der Waals surface area contributed by atoms with E-state index in [0.717, 1.165) is 0 Å². The molecule has 0 aliphatic carbocycles. The van der Waals surface area contributed by atoms with Gasteiger partial charge in [-0.1, -0.05) is 42.5 Å². The highest BCUT2D eigenvalue weighted by molar-refractivity contribution is 7.91. The fourth-order valence-electron chi connectivity index (χ4n) is 2.22. The molecule has 3 aromatic rings.